The van der Waals surface area contributed by atoms with Crippen LogP contribution in [0.4, 0.5) is 0 Å². The number of rotatable bonds is 5. The third kappa shape index (κ3) is 4.19. The monoisotopic (exact) mass is 282 g/mol. The van der Waals surface area contributed by atoms with Crippen molar-refractivity contribution in [1.29, 1.82) is 0 Å². The SMILES string of the molecule is CC(C)CC1CN(CC2(C)CCCO2)C(C(C)C)CN1. The molecule has 2 saturated heterocycles. The molecule has 2 aliphatic rings. The van der Waals surface area contributed by atoms with E-state index in [0.29, 0.717) is 18.0 Å². The van der Waals surface area contributed by atoms with E-state index in [1.807, 2.05) is 0 Å². The molecule has 0 aliphatic carbocycles. The highest BCUT2D eigenvalue weighted by molar-refractivity contribution is 4.93. The molecule has 3 unspecified atom stereocenters. The second-order valence-electron chi connectivity index (χ2n) is 7.88. The molecular weight excluding hydrogens is 248 g/mol. The third-order valence-corrected chi connectivity index (χ3v) is 4.90. The van der Waals surface area contributed by atoms with E-state index in [1.54, 1.807) is 0 Å². The summed E-state index contributed by atoms with van der Waals surface area (Å²) in [6.07, 6.45) is 3.72. The molecule has 3 nitrogen and oxygen atoms in total. The van der Waals surface area contributed by atoms with Crippen LogP contribution in [-0.2, 0) is 4.74 Å². The van der Waals surface area contributed by atoms with Gasteiger partial charge in [-0.1, -0.05) is 27.7 Å². The van der Waals surface area contributed by atoms with Crippen molar-refractivity contribution < 1.29 is 4.74 Å². The average Bonchev–Trinajstić information content (AvgIpc) is 2.74. The Hall–Kier alpha value is -0.120. The number of ether oxygens (including phenoxy) is 1. The van der Waals surface area contributed by atoms with Crippen LogP contribution >= 0.6 is 0 Å². The standard InChI is InChI=1S/C17H34N2O/c1-13(2)9-15-11-19(16(10-18-15)14(3)4)12-17(5)7-6-8-20-17/h13-16,18H,6-12H2,1-5H3. The van der Waals surface area contributed by atoms with Crippen molar-refractivity contribution in [2.75, 3.05) is 26.2 Å². The molecule has 0 aromatic heterocycles. The summed E-state index contributed by atoms with van der Waals surface area (Å²) < 4.78 is 6.03. The van der Waals surface area contributed by atoms with Gasteiger partial charge in [-0.3, -0.25) is 4.90 Å². The Morgan fingerprint density at radius 2 is 2.05 bits per heavy atom. The molecule has 3 heteroatoms. The molecule has 0 saturated carbocycles. The molecule has 1 N–H and O–H groups in total. The molecular formula is C17H34N2O. The highest BCUT2D eigenvalue weighted by atomic mass is 16.5. The molecule has 0 radical (unpaired) electrons. The van der Waals surface area contributed by atoms with Crippen LogP contribution in [0.3, 0.4) is 0 Å². The Kier molecular flexibility index (Phi) is 5.49. The molecule has 0 aromatic carbocycles. The predicted molar refractivity (Wildman–Crippen MR) is 85.0 cm³/mol. The van der Waals surface area contributed by atoms with E-state index in [9.17, 15) is 0 Å². The minimum Gasteiger partial charge on any atom is -0.374 e. The van der Waals surface area contributed by atoms with Crippen LogP contribution in [0.5, 0.6) is 0 Å². The lowest BCUT2D eigenvalue weighted by Gasteiger charge is -2.45. The Balaban J connectivity index is 1.99. The van der Waals surface area contributed by atoms with E-state index < -0.39 is 0 Å². The fraction of sp³-hybridized carbons (Fsp3) is 1.00. The van der Waals surface area contributed by atoms with Crippen LogP contribution < -0.4 is 5.32 Å². The number of nitrogens with one attached hydrogen (secondary N) is 1. The quantitative estimate of drug-likeness (QED) is 0.839. The van der Waals surface area contributed by atoms with Crippen molar-refractivity contribution in [3.05, 3.63) is 0 Å². The van der Waals surface area contributed by atoms with E-state index in [0.717, 1.165) is 25.6 Å². The minimum absolute atomic E-state index is 0.0901. The predicted octanol–water partition coefficient (Wildman–Crippen LogP) is 2.90. The first-order valence-electron chi connectivity index (χ1n) is 8.51. The zero-order valence-electron chi connectivity index (χ0n) is 14.1. The van der Waals surface area contributed by atoms with E-state index in [4.69, 9.17) is 4.74 Å². The first kappa shape index (κ1) is 16.3. The van der Waals surface area contributed by atoms with E-state index in [2.05, 4.69) is 44.8 Å². The van der Waals surface area contributed by atoms with Gasteiger partial charge in [-0.15, -0.1) is 0 Å². The first-order valence-corrected chi connectivity index (χ1v) is 8.51. The fourth-order valence-corrected chi connectivity index (χ4v) is 3.86. The minimum atomic E-state index is 0.0901. The summed E-state index contributed by atoms with van der Waals surface area (Å²) in [5, 5.41) is 3.77. The third-order valence-electron chi connectivity index (χ3n) is 4.90. The van der Waals surface area contributed by atoms with Crippen LogP contribution in [0.2, 0.25) is 0 Å². The Bertz CT molecular complexity index is 297. The van der Waals surface area contributed by atoms with Crippen LogP contribution in [0.25, 0.3) is 0 Å². The maximum Gasteiger partial charge on any atom is 0.0781 e. The summed E-state index contributed by atoms with van der Waals surface area (Å²) >= 11 is 0. The van der Waals surface area contributed by atoms with Gasteiger partial charge in [0.2, 0.25) is 0 Å². The second kappa shape index (κ2) is 6.76. The molecule has 2 fully saturated rings. The molecule has 0 amide bonds. The zero-order chi connectivity index (χ0) is 14.8. The summed E-state index contributed by atoms with van der Waals surface area (Å²) in [5.41, 5.74) is 0.0901. The second-order valence-corrected chi connectivity index (χ2v) is 7.88. The molecule has 0 spiro atoms. The topological polar surface area (TPSA) is 24.5 Å². The Morgan fingerprint density at radius 3 is 2.60 bits per heavy atom. The molecule has 20 heavy (non-hydrogen) atoms. The maximum atomic E-state index is 6.03. The van der Waals surface area contributed by atoms with E-state index in [-0.39, 0.29) is 5.60 Å². The van der Waals surface area contributed by atoms with Gasteiger partial charge in [-0.25, -0.2) is 0 Å². The van der Waals surface area contributed by atoms with Crippen molar-refractivity contribution in [2.24, 2.45) is 11.8 Å². The van der Waals surface area contributed by atoms with E-state index in [1.165, 1.54) is 25.8 Å². The van der Waals surface area contributed by atoms with Crippen LogP contribution in [0.1, 0.15) is 53.9 Å². The molecule has 118 valence electrons. The van der Waals surface area contributed by atoms with Gasteiger partial charge >= 0.3 is 0 Å². The number of hydrogen-bond acceptors (Lipinski definition) is 3. The molecule has 0 aromatic rings. The zero-order valence-corrected chi connectivity index (χ0v) is 14.1. The lowest BCUT2D eigenvalue weighted by molar-refractivity contribution is -0.0349. The maximum absolute atomic E-state index is 6.03. The molecule has 2 aliphatic heterocycles. The summed E-state index contributed by atoms with van der Waals surface area (Å²) in [7, 11) is 0. The van der Waals surface area contributed by atoms with Gasteiger partial charge in [0.25, 0.3) is 0 Å². The van der Waals surface area contributed by atoms with Gasteiger partial charge in [0.15, 0.2) is 0 Å². The van der Waals surface area contributed by atoms with Gasteiger partial charge in [0.05, 0.1) is 5.60 Å². The van der Waals surface area contributed by atoms with Crippen LogP contribution in [0, 0.1) is 11.8 Å². The summed E-state index contributed by atoms with van der Waals surface area (Å²) in [6, 6.07) is 1.30. The van der Waals surface area contributed by atoms with Gasteiger partial charge in [0.1, 0.15) is 0 Å². The largest absolute Gasteiger partial charge is 0.374 e. The fourth-order valence-electron chi connectivity index (χ4n) is 3.86. The lowest BCUT2D eigenvalue weighted by Crippen LogP contribution is -2.61. The van der Waals surface area contributed by atoms with E-state index >= 15 is 0 Å². The van der Waals surface area contributed by atoms with Crippen molar-refractivity contribution in [2.45, 2.75) is 71.6 Å². The van der Waals surface area contributed by atoms with Crippen molar-refractivity contribution in [3.8, 4) is 0 Å². The van der Waals surface area contributed by atoms with Crippen molar-refractivity contribution >= 4 is 0 Å². The first-order chi connectivity index (χ1) is 9.39. The molecule has 3 atom stereocenters. The van der Waals surface area contributed by atoms with Crippen LogP contribution in [0.15, 0.2) is 0 Å². The Morgan fingerprint density at radius 1 is 1.30 bits per heavy atom. The number of nitrogens with zero attached hydrogens (tertiary/aromatic N) is 1. The molecule has 2 heterocycles. The number of piperazine rings is 1. The highest BCUT2D eigenvalue weighted by Gasteiger charge is 2.37. The van der Waals surface area contributed by atoms with Gasteiger partial charge in [-0.2, -0.15) is 0 Å². The van der Waals surface area contributed by atoms with Crippen molar-refractivity contribution in [1.82, 2.24) is 10.2 Å². The van der Waals surface area contributed by atoms with Gasteiger partial charge in [-0.05, 0) is 38.0 Å². The Labute approximate surface area is 125 Å². The average molecular weight is 282 g/mol. The van der Waals surface area contributed by atoms with Gasteiger partial charge < -0.3 is 10.1 Å². The van der Waals surface area contributed by atoms with Crippen molar-refractivity contribution in [3.63, 3.8) is 0 Å². The molecule has 2 rings (SSSR count). The van der Waals surface area contributed by atoms with Gasteiger partial charge in [0, 0.05) is 38.3 Å². The summed E-state index contributed by atoms with van der Waals surface area (Å²) in [5.74, 6) is 1.47. The normalized spacial score (nSPS) is 36.1. The smallest absolute Gasteiger partial charge is 0.0781 e. The molecule has 0 bridgehead atoms. The van der Waals surface area contributed by atoms with Crippen LogP contribution in [-0.4, -0.2) is 48.8 Å². The summed E-state index contributed by atoms with van der Waals surface area (Å²) in [4.78, 5) is 2.71. The summed E-state index contributed by atoms with van der Waals surface area (Å²) in [6.45, 7) is 16.0. The number of hydrogen-bond donors (Lipinski definition) is 1. The lowest BCUT2D eigenvalue weighted by atomic mass is 9.92. The highest BCUT2D eigenvalue weighted by Crippen LogP contribution is 2.29.